The van der Waals surface area contributed by atoms with E-state index in [1.165, 1.54) is 11.9 Å². The molecule has 1 aliphatic rings. The highest BCUT2D eigenvalue weighted by atomic mass is 16.4. The molecule has 2 aromatic carbocycles. The van der Waals surface area contributed by atoms with Crippen molar-refractivity contribution in [3.8, 4) is 0 Å². The number of rotatable bonds is 7. The standard InChI is InChI=1S/C27H25N7O2/c35-27(36)25-7-4-10-33(25)16-21-12-22-23(14-28-21)29-17-30-26(22)32-20-8-9-24-19(11-20)13-31-34(24)15-18-5-2-1-3-6-18/h1-3,5-6,8-9,11-14,17,25H,4,7,10,15-16H2,(H,35,36)(H,29,30,32)/t25-/m1/s1. The molecule has 1 fully saturated rings. The first-order valence-electron chi connectivity index (χ1n) is 12.0. The Morgan fingerprint density at radius 2 is 1.92 bits per heavy atom. The lowest BCUT2D eigenvalue weighted by Gasteiger charge is -2.20. The Hall–Kier alpha value is -4.37. The topological polar surface area (TPSA) is 109 Å². The molecule has 0 aliphatic carbocycles. The van der Waals surface area contributed by atoms with Crippen molar-refractivity contribution < 1.29 is 9.90 Å². The number of nitrogens with one attached hydrogen (secondary N) is 1. The van der Waals surface area contributed by atoms with Crippen molar-refractivity contribution in [1.82, 2.24) is 29.6 Å². The lowest BCUT2D eigenvalue weighted by Crippen LogP contribution is -2.35. The molecular formula is C27H25N7O2. The van der Waals surface area contributed by atoms with E-state index in [-0.39, 0.29) is 0 Å². The molecule has 36 heavy (non-hydrogen) atoms. The van der Waals surface area contributed by atoms with Crippen molar-refractivity contribution in [1.29, 1.82) is 0 Å². The smallest absolute Gasteiger partial charge is 0.320 e. The molecule has 1 atom stereocenters. The van der Waals surface area contributed by atoms with Crippen LogP contribution >= 0.6 is 0 Å². The van der Waals surface area contributed by atoms with Crippen LogP contribution in [0.2, 0.25) is 0 Å². The molecule has 1 saturated heterocycles. The lowest BCUT2D eigenvalue weighted by atomic mass is 10.2. The van der Waals surface area contributed by atoms with Gasteiger partial charge in [-0.15, -0.1) is 0 Å². The van der Waals surface area contributed by atoms with Gasteiger partial charge in [-0.2, -0.15) is 5.10 Å². The van der Waals surface area contributed by atoms with Gasteiger partial charge in [-0.25, -0.2) is 9.97 Å². The van der Waals surface area contributed by atoms with E-state index in [9.17, 15) is 9.90 Å². The molecule has 6 rings (SSSR count). The van der Waals surface area contributed by atoms with Crippen molar-refractivity contribution >= 4 is 39.3 Å². The number of nitrogens with zero attached hydrogens (tertiary/aromatic N) is 6. The van der Waals surface area contributed by atoms with Crippen LogP contribution in [0.5, 0.6) is 0 Å². The molecule has 0 bridgehead atoms. The summed E-state index contributed by atoms with van der Waals surface area (Å²) in [5, 5.41) is 19.4. The van der Waals surface area contributed by atoms with Crippen LogP contribution in [-0.4, -0.2) is 53.3 Å². The number of aromatic nitrogens is 5. The Balaban J connectivity index is 1.26. The lowest BCUT2D eigenvalue weighted by molar-refractivity contribution is -0.142. The van der Waals surface area contributed by atoms with Crippen LogP contribution < -0.4 is 5.32 Å². The van der Waals surface area contributed by atoms with E-state index in [1.54, 1.807) is 6.20 Å². The van der Waals surface area contributed by atoms with Crippen molar-refractivity contribution in [3.05, 3.63) is 84.6 Å². The van der Waals surface area contributed by atoms with Gasteiger partial charge in [-0.05, 0) is 49.2 Å². The highest BCUT2D eigenvalue weighted by molar-refractivity contribution is 5.91. The van der Waals surface area contributed by atoms with Crippen molar-refractivity contribution in [2.45, 2.75) is 32.0 Å². The number of fused-ring (bicyclic) bond motifs is 2. The SMILES string of the molecule is O=C(O)[C@H]1CCCN1Cc1cc2c(Nc3ccc4c(cnn4Cc4ccccc4)c3)ncnc2cn1. The summed E-state index contributed by atoms with van der Waals surface area (Å²) in [6.07, 6.45) is 6.66. The molecule has 9 heteroatoms. The average molecular weight is 480 g/mol. The fraction of sp³-hybridized carbons (Fsp3) is 0.222. The number of anilines is 2. The van der Waals surface area contributed by atoms with Crippen LogP contribution in [0.3, 0.4) is 0 Å². The zero-order valence-electron chi connectivity index (χ0n) is 19.6. The Morgan fingerprint density at radius 3 is 2.78 bits per heavy atom. The van der Waals surface area contributed by atoms with Gasteiger partial charge in [0.1, 0.15) is 18.2 Å². The molecule has 4 heterocycles. The Kier molecular flexibility index (Phi) is 5.74. The molecule has 2 N–H and O–H groups in total. The minimum atomic E-state index is -0.776. The first-order valence-corrected chi connectivity index (χ1v) is 12.0. The number of pyridine rings is 1. The van der Waals surface area contributed by atoms with Gasteiger partial charge in [0.2, 0.25) is 0 Å². The summed E-state index contributed by atoms with van der Waals surface area (Å²) in [5.41, 5.74) is 4.67. The molecule has 0 spiro atoms. The molecule has 9 nitrogen and oxygen atoms in total. The van der Waals surface area contributed by atoms with E-state index in [1.807, 2.05) is 46.1 Å². The van der Waals surface area contributed by atoms with E-state index < -0.39 is 12.0 Å². The monoisotopic (exact) mass is 479 g/mol. The summed E-state index contributed by atoms with van der Waals surface area (Å²) in [6, 6.07) is 17.9. The number of benzene rings is 2. The first-order chi connectivity index (χ1) is 17.6. The maximum absolute atomic E-state index is 11.6. The van der Waals surface area contributed by atoms with Crippen LogP contribution in [0.1, 0.15) is 24.1 Å². The Morgan fingerprint density at radius 1 is 1.03 bits per heavy atom. The van der Waals surface area contributed by atoms with E-state index in [4.69, 9.17) is 0 Å². The number of likely N-dealkylation sites (tertiary alicyclic amines) is 1. The molecule has 3 aromatic heterocycles. The van der Waals surface area contributed by atoms with Gasteiger partial charge in [-0.3, -0.25) is 19.4 Å². The zero-order valence-corrected chi connectivity index (χ0v) is 19.6. The Labute approximate surface area is 207 Å². The molecule has 180 valence electrons. The second-order valence-electron chi connectivity index (χ2n) is 9.07. The van der Waals surface area contributed by atoms with E-state index in [0.717, 1.165) is 46.2 Å². The Bertz CT molecular complexity index is 1550. The van der Waals surface area contributed by atoms with Crippen molar-refractivity contribution in [2.75, 3.05) is 11.9 Å². The van der Waals surface area contributed by atoms with Crippen LogP contribution in [0, 0.1) is 0 Å². The maximum Gasteiger partial charge on any atom is 0.320 e. The summed E-state index contributed by atoms with van der Waals surface area (Å²) in [4.78, 5) is 26.9. The van der Waals surface area contributed by atoms with Gasteiger partial charge >= 0.3 is 5.97 Å². The minimum absolute atomic E-state index is 0.457. The highest BCUT2D eigenvalue weighted by Crippen LogP contribution is 2.27. The van der Waals surface area contributed by atoms with E-state index >= 15 is 0 Å². The third kappa shape index (κ3) is 4.36. The summed E-state index contributed by atoms with van der Waals surface area (Å²) in [7, 11) is 0. The number of aliphatic carboxylic acids is 1. The highest BCUT2D eigenvalue weighted by Gasteiger charge is 2.30. The normalized spacial score (nSPS) is 16.1. The molecule has 0 amide bonds. The second-order valence-corrected chi connectivity index (χ2v) is 9.07. The zero-order chi connectivity index (χ0) is 24.5. The van der Waals surface area contributed by atoms with Gasteiger partial charge in [0.25, 0.3) is 0 Å². The quantitative estimate of drug-likeness (QED) is 0.357. The van der Waals surface area contributed by atoms with Gasteiger partial charge in [0.05, 0.1) is 35.7 Å². The maximum atomic E-state index is 11.6. The van der Waals surface area contributed by atoms with Gasteiger partial charge in [-0.1, -0.05) is 30.3 Å². The van der Waals surface area contributed by atoms with Crippen LogP contribution in [0.4, 0.5) is 11.5 Å². The fourth-order valence-corrected chi connectivity index (χ4v) is 4.88. The number of carboxylic acid groups (broad SMARTS) is 1. The first kappa shape index (κ1) is 22.1. The van der Waals surface area contributed by atoms with Gasteiger partial charge < -0.3 is 10.4 Å². The summed E-state index contributed by atoms with van der Waals surface area (Å²) in [5.74, 6) is -0.0997. The predicted octanol–water partition coefficient (Wildman–Crippen LogP) is 4.22. The van der Waals surface area contributed by atoms with Gasteiger partial charge in [0.15, 0.2) is 0 Å². The van der Waals surface area contributed by atoms with Gasteiger partial charge in [0, 0.05) is 23.0 Å². The fourth-order valence-electron chi connectivity index (χ4n) is 4.88. The van der Waals surface area contributed by atoms with Crippen LogP contribution in [-0.2, 0) is 17.9 Å². The summed E-state index contributed by atoms with van der Waals surface area (Å²) < 4.78 is 2.00. The average Bonchev–Trinajstić information content (AvgIpc) is 3.52. The molecule has 0 radical (unpaired) electrons. The number of hydrogen-bond donors (Lipinski definition) is 2. The van der Waals surface area contributed by atoms with Crippen molar-refractivity contribution in [3.63, 3.8) is 0 Å². The molecular weight excluding hydrogens is 454 g/mol. The number of carboxylic acids is 1. The number of carbonyl (C=O) groups is 1. The van der Waals surface area contributed by atoms with Crippen molar-refractivity contribution in [2.24, 2.45) is 0 Å². The van der Waals surface area contributed by atoms with E-state index in [2.05, 4.69) is 49.6 Å². The van der Waals surface area contributed by atoms with Crippen LogP contribution in [0.25, 0.3) is 21.8 Å². The minimum Gasteiger partial charge on any atom is -0.480 e. The molecule has 5 aromatic rings. The van der Waals surface area contributed by atoms with E-state index in [0.29, 0.717) is 25.3 Å². The van der Waals surface area contributed by atoms with Crippen LogP contribution in [0.15, 0.2) is 73.3 Å². The largest absolute Gasteiger partial charge is 0.480 e. The third-order valence-corrected chi connectivity index (χ3v) is 6.67. The third-order valence-electron chi connectivity index (χ3n) is 6.67. The second kappa shape index (κ2) is 9.35. The predicted molar refractivity (Wildman–Crippen MR) is 137 cm³/mol. The molecule has 0 saturated carbocycles. The number of hydrogen-bond acceptors (Lipinski definition) is 7. The molecule has 1 aliphatic heterocycles. The summed E-state index contributed by atoms with van der Waals surface area (Å²) >= 11 is 0. The molecule has 0 unspecified atom stereocenters. The summed E-state index contributed by atoms with van der Waals surface area (Å²) in [6.45, 7) is 1.95.